The summed E-state index contributed by atoms with van der Waals surface area (Å²) in [4.78, 5) is 14.4. The van der Waals surface area contributed by atoms with E-state index in [4.69, 9.17) is 9.84 Å². The van der Waals surface area contributed by atoms with Crippen LogP contribution in [0.25, 0.3) is 0 Å². The lowest BCUT2D eigenvalue weighted by molar-refractivity contribution is -0.385. The third-order valence-corrected chi connectivity index (χ3v) is 2.54. The number of rotatable bonds is 4. The van der Waals surface area contributed by atoms with Crippen molar-refractivity contribution in [1.82, 2.24) is 4.98 Å². The standard InChI is InChI=1S/C13H12N2O4/c1-9-4-5-12(11(7-9)15(17)18)19-13-10(8-16)3-2-6-14-13/h2-7,16H,8H2,1H3. The van der Waals surface area contributed by atoms with E-state index >= 15 is 0 Å². The minimum Gasteiger partial charge on any atom is -0.431 e. The van der Waals surface area contributed by atoms with E-state index in [1.165, 1.54) is 18.3 Å². The van der Waals surface area contributed by atoms with Crippen LogP contribution >= 0.6 is 0 Å². The molecule has 6 nitrogen and oxygen atoms in total. The second kappa shape index (κ2) is 5.45. The van der Waals surface area contributed by atoms with Gasteiger partial charge in [-0.1, -0.05) is 6.07 Å². The zero-order valence-corrected chi connectivity index (χ0v) is 10.2. The van der Waals surface area contributed by atoms with Gasteiger partial charge in [0.15, 0.2) is 0 Å². The summed E-state index contributed by atoms with van der Waals surface area (Å²) in [6.07, 6.45) is 1.49. The van der Waals surface area contributed by atoms with Crippen molar-refractivity contribution in [3.63, 3.8) is 0 Å². The van der Waals surface area contributed by atoms with E-state index in [1.807, 2.05) is 0 Å². The number of ether oxygens (including phenoxy) is 1. The molecule has 0 aliphatic heterocycles. The summed E-state index contributed by atoms with van der Waals surface area (Å²) in [5, 5.41) is 20.1. The summed E-state index contributed by atoms with van der Waals surface area (Å²) in [6.45, 7) is 1.51. The van der Waals surface area contributed by atoms with Gasteiger partial charge in [-0.25, -0.2) is 4.98 Å². The molecular weight excluding hydrogens is 248 g/mol. The second-order valence-electron chi connectivity index (χ2n) is 3.96. The topological polar surface area (TPSA) is 85.5 Å². The van der Waals surface area contributed by atoms with Crippen molar-refractivity contribution in [3.05, 3.63) is 57.8 Å². The number of hydrogen-bond donors (Lipinski definition) is 1. The van der Waals surface area contributed by atoms with Crippen LogP contribution in [-0.2, 0) is 6.61 Å². The highest BCUT2D eigenvalue weighted by molar-refractivity contribution is 5.50. The largest absolute Gasteiger partial charge is 0.431 e. The maximum atomic E-state index is 11.0. The van der Waals surface area contributed by atoms with Gasteiger partial charge in [0.05, 0.1) is 11.5 Å². The third-order valence-electron chi connectivity index (χ3n) is 2.54. The van der Waals surface area contributed by atoms with Gasteiger partial charge in [-0.15, -0.1) is 0 Å². The fourth-order valence-corrected chi connectivity index (χ4v) is 1.60. The summed E-state index contributed by atoms with van der Waals surface area (Å²) in [5.74, 6) is 0.265. The smallest absolute Gasteiger partial charge is 0.311 e. The number of nitro benzene ring substituents is 1. The summed E-state index contributed by atoms with van der Waals surface area (Å²) in [5.41, 5.74) is 1.11. The normalized spacial score (nSPS) is 10.2. The first-order valence-corrected chi connectivity index (χ1v) is 5.59. The molecular formula is C13H12N2O4. The number of benzene rings is 1. The van der Waals surface area contributed by atoms with Crippen LogP contribution in [0, 0.1) is 17.0 Å². The van der Waals surface area contributed by atoms with E-state index in [1.54, 1.807) is 25.1 Å². The number of aliphatic hydroxyl groups is 1. The van der Waals surface area contributed by atoms with Gasteiger partial charge in [0.25, 0.3) is 0 Å². The van der Waals surface area contributed by atoms with Crippen molar-refractivity contribution < 1.29 is 14.8 Å². The molecule has 1 heterocycles. The molecule has 2 aromatic rings. The third kappa shape index (κ3) is 2.86. The number of aliphatic hydroxyl groups excluding tert-OH is 1. The molecule has 0 unspecified atom stereocenters. The number of pyridine rings is 1. The molecule has 6 heteroatoms. The SMILES string of the molecule is Cc1ccc(Oc2ncccc2CO)c([N+](=O)[O-])c1. The van der Waals surface area contributed by atoms with Crippen LogP contribution in [0.3, 0.4) is 0 Å². The molecule has 1 aromatic heterocycles. The second-order valence-corrected chi connectivity index (χ2v) is 3.96. The molecule has 0 radical (unpaired) electrons. The highest BCUT2D eigenvalue weighted by atomic mass is 16.6. The van der Waals surface area contributed by atoms with Crippen LogP contribution in [0.5, 0.6) is 11.6 Å². The number of nitro groups is 1. The lowest BCUT2D eigenvalue weighted by atomic mass is 10.2. The van der Waals surface area contributed by atoms with Gasteiger partial charge < -0.3 is 9.84 Å². The number of nitrogens with zero attached hydrogens (tertiary/aromatic N) is 2. The Bertz CT molecular complexity index is 613. The van der Waals surface area contributed by atoms with Crippen LogP contribution in [0.1, 0.15) is 11.1 Å². The monoisotopic (exact) mass is 260 g/mol. The molecule has 1 N–H and O–H groups in total. The first-order chi connectivity index (χ1) is 9.11. The van der Waals surface area contributed by atoms with Gasteiger partial charge in [-0.05, 0) is 30.7 Å². The van der Waals surface area contributed by atoms with Gasteiger partial charge in [0.1, 0.15) is 0 Å². The van der Waals surface area contributed by atoms with Crippen molar-refractivity contribution in [3.8, 4) is 11.6 Å². The molecule has 98 valence electrons. The summed E-state index contributed by atoms with van der Waals surface area (Å²) in [7, 11) is 0. The quantitative estimate of drug-likeness (QED) is 0.674. The van der Waals surface area contributed by atoms with Crippen LogP contribution in [-0.4, -0.2) is 15.0 Å². The Morgan fingerprint density at radius 2 is 2.21 bits per heavy atom. The van der Waals surface area contributed by atoms with E-state index < -0.39 is 4.92 Å². The lowest BCUT2D eigenvalue weighted by Gasteiger charge is -2.08. The fraction of sp³-hybridized carbons (Fsp3) is 0.154. The van der Waals surface area contributed by atoms with Crippen LogP contribution in [0.4, 0.5) is 5.69 Å². The van der Waals surface area contributed by atoms with Crippen molar-refractivity contribution in [2.24, 2.45) is 0 Å². The van der Waals surface area contributed by atoms with Crippen molar-refractivity contribution in [1.29, 1.82) is 0 Å². The molecule has 0 amide bonds. The zero-order valence-electron chi connectivity index (χ0n) is 10.2. The molecule has 0 aliphatic rings. The fourth-order valence-electron chi connectivity index (χ4n) is 1.60. The molecule has 0 aliphatic carbocycles. The summed E-state index contributed by atoms with van der Waals surface area (Å²) >= 11 is 0. The highest BCUT2D eigenvalue weighted by Gasteiger charge is 2.17. The Hall–Kier alpha value is -2.47. The molecule has 0 saturated carbocycles. The molecule has 1 aromatic carbocycles. The molecule has 0 saturated heterocycles. The Balaban J connectivity index is 2.41. The average Bonchev–Trinajstić information content (AvgIpc) is 2.41. The molecule has 19 heavy (non-hydrogen) atoms. The Kier molecular flexibility index (Phi) is 3.72. The van der Waals surface area contributed by atoms with E-state index in [0.717, 1.165) is 5.56 Å². The Morgan fingerprint density at radius 1 is 1.42 bits per heavy atom. The van der Waals surface area contributed by atoms with Crippen LogP contribution in [0.15, 0.2) is 36.5 Å². The predicted molar refractivity (Wildman–Crippen MR) is 68.1 cm³/mol. The predicted octanol–water partition coefficient (Wildman–Crippen LogP) is 2.58. The van der Waals surface area contributed by atoms with E-state index in [9.17, 15) is 10.1 Å². The van der Waals surface area contributed by atoms with Crippen molar-refractivity contribution in [2.75, 3.05) is 0 Å². The van der Waals surface area contributed by atoms with Crippen molar-refractivity contribution in [2.45, 2.75) is 13.5 Å². The zero-order chi connectivity index (χ0) is 13.8. The number of aryl methyl sites for hydroxylation is 1. The van der Waals surface area contributed by atoms with Gasteiger partial charge in [-0.3, -0.25) is 10.1 Å². The molecule has 2 rings (SSSR count). The van der Waals surface area contributed by atoms with Crippen LogP contribution < -0.4 is 4.74 Å². The molecule has 0 spiro atoms. The molecule has 0 atom stereocenters. The van der Waals surface area contributed by atoms with E-state index in [-0.39, 0.29) is 23.9 Å². The van der Waals surface area contributed by atoms with Gasteiger partial charge in [0, 0.05) is 17.8 Å². The average molecular weight is 260 g/mol. The molecule has 0 bridgehead atoms. The summed E-state index contributed by atoms with van der Waals surface area (Å²) < 4.78 is 5.44. The van der Waals surface area contributed by atoms with Gasteiger partial charge in [-0.2, -0.15) is 0 Å². The van der Waals surface area contributed by atoms with Crippen LogP contribution in [0.2, 0.25) is 0 Å². The summed E-state index contributed by atoms with van der Waals surface area (Å²) in [6, 6.07) is 7.95. The molecule has 0 fully saturated rings. The number of aromatic nitrogens is 1. The first kappa shape index (κ1) is 13.0. The Morgan fingerprint density at radius 3 is 2.89 bits per heavy atom. The maximum Gasteiger partial charge on any atom is 0.311 e. The van der Waals surface area contributed by atoms with Gasteiger partial charge in [0.2, 0.25) is 11.6 Å². The minimum atomic E-state index is -0.510. The maximum absolute atomic E-state index is 11.0. The lowest BCUT2D eigenvalue weighted by Crippen LogP contribution is -1.98. The highest BCUT2D eigenvalue weighted by Crippen LogP contribution is 2.32. The number of hydrogen-bond acceptors (Lipinski definition) is 5. The van der Waals surface area contributed by atoms with Crippen molar-refractivity contribution >= 4 is 5.69 Å². The van der Waals surface area contributed by atoms with E-state index in [0.29, 0.717) is 5.56 Å². The Labute approximate surface area is 109 Å². The first-order valence-electron chi connectivity index (χ1n) is 5.59. The van der Waals surface area contributed by atoms with Gasteiger partial charge >= 0.3 is 5.69 Å². The van der Waals surface area contributed by atoms with E-state index in [2.05, 4.69) is 4.98 Å². The minimum absolute atomic E-state index is 0.101.